The minimum atomic E-state index is -0.718. The van der Waals surface area contributed by atoms with Crippen molar-refractivity contribution in [3.8, 4) is 45.6 Å². The van der Waals surface area contributed by atoms with Crippen LogP contribution in [-0.4, -0.2) is 63.9 Å². The molecule has 54 heavy (non-hydrogen) atoms. The predicted molar refractivity (Wildman–Crippen MR) is 199 cm³/mol. The van der Waals surface area contributed by atoms with Crippen molar-refractivity contribution in [2.45, 2.75) is 97.2 Å². The molecule has 1 N–H and O–H groups in total. The lowest BCUT2D eigenvalue weighted by atomic mass is 9.97. The van der Waals surface area contributed by atoms with E-state index in [1.54, 1.807) is 17.3 Å². The highest BCUT2D eigenvalue weighted by molar-refractivity contribution is 5.86. The topological polar surface area (TPSA) is 149 Å². The first kappa shape index (κ1) is 37.0. The number of alkyl carbamates (subject to hydrolysis) is 1. The van der Waals surface area contributed by atoms with Crippen LogP contribution in [0, 0.1) is 11.8 Å². The maximum atomic E-state index is 13.7. The molecule has 13 nitrogen and oxygen atoms in total. The van der Waals surface area contributed by atoms with E-state index in [2.05, 4.69) is 29.1 Å². The van der Waals surface area contributed by atoms with E-state index in [0.717, 1.165) is 36.8 Å². The van der Waals surface area contributed by atoms with E-state index < -0.39 is 17.7 Å². The summed E-state index contributed by atoms with van der Waals surface area (Å²) in [7, 11) is 1.29. The van der Waals surface area contributed by atoms with Gasteiger partial charge in [0.05, 0.1) is 19.5 Å². The molecule has 4 aromatic rings. The Morgan fingerprint density at radius 1 is 0.907 bits per heavy atom. The Bertz CT molecular complexity index is 2020. The fourth-order valence-electron chi connectivity index (χ4n) is 7.59. The van der Waals surface area contributed by atoms with Crippen molar-refractivity contribution in [1.82, 2.24) is 25.1 Å². The van der Waals surface area contributed by atoms with Crippen molar-refractivity contribution >= 4 is 17.9 Å². The van der Waals surface area contributed by atoms with E-state index in [9.17, 15) is 14.4 Å². The van der Waals surface area contributed by atoms with Crippen LogP contribution in [0.1, 0.15) is 97.4 Å². The van der Waals surface area contributed by atoms with Gasteiger partial charge in [-0.2, -0.15) is 0 Å². The number of rotatable bonds is 11. The Labute approximate surface area is 315 Å². The molecule has 5 unspecified atom stereocenters. The molecular weight excluding hydrogens is 690 g/mol. The van der Waals surface area contributed by atoms with Crippen molar-refractivity contribution in [3.63, 3.8) is 0 Å². The maximum absolute atomic E-state index is 13.7. The van der Waals surface area contributed by atoms with Gasteiger partial charge in [0.15, 0.2) is 34.5 Å². The highest BCUT2D eigenvalue weighted by Crippen LogP contribution is 2.48. The number of oxazole rings is 2. The number of nitrogens with zero attached hydrogens (tertiary/aromatic N) is 4. The van der Waals surface area contributed by atoms with Crippen LogP contribution in [0.5, 0.6) is 23.0 Å². The lowest BCUT2D eigenvalue weighted by Gasteiger charge is -2.33. The van der Waals surface area contributed by atoms with Crippen LogP contribution in [-0.2, 0) is 19.9 Å². The highest BCUT2D eigenvalue weighted by atomic mass is 16.6. The van der Waals surface area contributed by atoms with Gasteiger partial charge >= 0.3 is 6.09 Å². The molecule has 2 aromatic heterocycles. The zero-order valence-corrected chi connectivity index (χ0v) is 31.8. The van der Waals surface area contributed by atoms with Gasteiger partial charge in [-0.1, -0.05) is 40.5 Å². The number of benzene rings is 2. The molecule has 13 heteroatoms. The first-order valence-electron chi connectivity index (χ1n) is 19.0. The molecule has 3 aliphatic rings. The van der Waals surface area contributed by atoms with Gasteiger partial charge < -0.3 is 38.2 Å². The van der Waals surface area contributed by atoms with Gasteiger partial charge in [-0.3, -0.25) is 9.59 Å². The molecule has 3 amide bonds. The van der Waals surface area contributed by atoms with E-state index >= 15 is 0 Å². The number of fused-ring (bicyclic) bond motifs is 2. The van der Waals surface area contributed by atoms with Gasteiger partial charge in [-0.05, 0) is 80.8 Å². The van der Waals surface area contributed by atoms with Gasteiger partial charge in [0.2, 0.25) is 23.6 Å². The third kappa shape index (κ3) is 7.03. The van der Waals surface area contributed by atoms with Crippen LogP contribution < -0.4 is 14.8 Å². The van der Waals surface area contributed by atoms with Crippen molar-refractivity contribution in [2.24, 2.45) is 11.8 Å². The van der Waals surface area contributed by atoms with Gasteiger partial charge in [-0.15, -0.1) is 0 Å². The van der Waals surface area contributed by atoms with E-state index in [1.807, 2.05) is 62.1 Å². The largest absolute Gasteiger partial charge is 0.453 e. The van der Waals surface area contributed by atoms with Crippen LogP contribution in [0.25, 0.3) is 22.6 Å². The number of likely N-dealkylation sites (tertiary alicyclic amines) is 2. The molecule has 0 bridgehead atoms. The number of aromatic nitrogens is 2. The second-order valence-corrected chi connectivity index (χ2v) is 14.9. The Balaban J connectivity index is 1.05. The molecule has 5 heterocycles. The summed E-state index contributed by atoms with van der Waals surface area (Å²) in [5, 5.41) is 2.72. The van der Waals surface area contributed by atoms with Crippen LogP contribution in [0.3, 0.4) is 0 Å². The Morgan fingerprint density at radius 2 is 1.57 bits per heavy atom. The zero-order chi connectivity index (χ0) is 38.1. The summed E-state index contributed by atoms with van der Waals surface area (Å²) >= 11 is 0. The van der Waals surface area contributed by atoms with Crippen molar-refractivity contribution in [3.05, 3.63) is 60.6 Å². The third-order valence-electron chi connectivity index (χ3n) is 11.3. The molecule has 5 atom stereocenters. The summed E-state index contributed by atoms with van der Waals surface area (Å²) < 4.78 is 30.0. The van der Waals surface area contributed by atoms with E-state index in [0.29, 0.717) is 84.6 Å². The average molecular weight is 740 g/mol. The lowest BCUT2D eigenvalue weighted by Crippen LogP contribution is -2.51. The Hall–Kier alpha value is -5.33. The minimum Gasteiger partial charge on any atom is -0.453 e. The van der Waals surface area contributed by atoms with E-state index in [-0.39, 0.29) is 23.8 Å². The molecule has 0 radical (unpaired) electrons. The van der Waals surface area contributed by atoms with Crippen molar-refractivity contribution in [1.29, 1.82) is 0 Å². The lowest BCUT2D eigenvalue weighted by molar-refractivity contribution is -0.137. The summed E-state index contributed by atoms with van der Waals surface area (Å²) in [5.41, 5.74) is 0.925. The number of hydrogen-bond donors (Lipinski definition) is 1. The number of amides is 3. The Morgan fingerprint density at radius 3 is 2.22 bits per heavy atom. The van der Waals surface area contributed by atoms with Gasteiger partial charge in [0.25, 0.3) is 0 Å². The molecule has 0 aliphatic carbocycles. The average Bonchev–Trinajstić information content (AvgIpc) is 4.02. The van der Waals surface area contributed by atoms with E-state index in [1.165, 1.54) is 7.11 Å². The summed E-state index contributed by atoms with van der Waals surface area (Å²) in [4.78, 5) is 51.9. The minimum absolute atomic E-state index is 0.0869. The SMILES string of the molecule is CCC(C)CC(=O)N1CCCC1(C)c1ncc(-c2ccc3c(c2)Oc2ccc(-c4cnc(C5CCCN5C(=O)C(NC(=O)OC)C(C)CC)o4)cc2O3)o1. The number of carbonyl (C=O) groups excluding carboxylic acids is 3. The maximum Gasteiger partial charge on any atom is 0.407 e. The summed E-state index contributed by atoms with van der Waals surface area (Å²) in [5.74, 6) is 4.42. The molecule has 2 aromatic carbocycles. The normalized spacial score (nSPS) is 20.7. The quantitative estimate of drug-likeness (QED) is 0.140. The van der Waals surface area contributed by atoms with Crippen LogP contribution in [0.4, 0.5) is 4.79 Å². The van der Waals surface area contributed by atoms with Crippen LogP contribution in [0.2, 0.25) is 0 Å². The predicted octanol–water partition coefficient (Wildman–Crippen LogP) is 8.60. The Kier molecular flexibility index (Phi) is 10.4. The first-order valence-corrected chi connectivity index (χ1v) is 19.0. The summed E-state index contributed by atoms with van der Waals surface area (Å²) in [6.45, 7) is 11.4. The number of hydrogen-bond acceptors (Lipinski definition) is 10. The molecule has 2 fully saturated rings. The number of carbonyl (C=O) groups is 3. The van der Waals surface area contributed by atoms with Crippen LogP contribution >= 0.6 is 0 Å². The molecule has 0 saturated carbocycles. The summed E-state index contributed by atoms with van der Waals surface area (Å²) in [6.07, 6.45) is 8.09. The van der Waals surface area contributed by atoms with Crippen molar-refractivity contribution < 1.29 is 37.4 Å². The van der Waals surface area contributed by atoms with E-state index in [4.69, 9.17) is 23.0 Å². The monoisotopic (exact) mass is 739 g/mol. The molecule has 3 aliphatic heterocycles. The summed E-state index contributed by atoms with van der Waals surface area (Å²) in [6, 6.07) is 10.1. The van der Waals surface area contributed by atoms with Gasteiger partial charge in [0.1, 0.15) is 17.6 Å². The molecular formula is C41H49N5O8. The standard InChI is InChI=1S/C41H49N5O8/c1-7-24(3)19-35(47)46-18-10-16-41(46,5)39-43-23-34(54-39)27-13-15-30-32(21-27)52-29-14-12-26(20-31(29)51-30)33-22-42-37(53-33)28-11-9-17-45(28)38(48)36(25(4)8-2)44-40(49)50-6/h12-15,20-25,28,36H,7-11,16-19H2,1-6H3,(H,44,49). The van der Waals surface area contributed by atoms with Gasteiger partial charge in [0, 0.05) is 30.6 Å². The molecule has 7 rings (SSSR count). The zero-order valence-electron chi connectivity index (χ0n) is 31.8. The number of ether oxygens (including phenoxy) is 3. The van der Waals surface area contributed by atoms with Gasteiger partial charge in [-0.25, -0.2) is 14.8 Å². The second kappa shape index (κ2) is 15.2. The van der Waals surface area contributed by atoms with Crippen molar-refractivity contribution in [2.75, 3.05) is 20.2 Å². The highest BCUT2D eigenvalue weighted by Gasteiger charge is 2.45. The molecule has 2 saturated heterocycles. The second-order valence-electron chi connectivity index (χ2n) is 14.9. The smallest absolute Gasteiger partial charge is 0.407 e. The first-order chi connectivity index (χ1) is 26.0. The molecule has 286 valence electrons. The third-order valence-corrected chi connectivity index (χ3v) is 11.3. The number of nitrogens with one attached hydrogen (secondary N) is 1. The van der Waals surface area contributed by atoms with Crippen LogP contribution in [0.15, 0.2) is 57.6 Å². The number of methoxy groups -OCH3 is 1. The fraction of sp³-hybridized carbons (Fsp3) is 0.488. The fourth-order valence-corrected chi connectivity index (χ4v) is 7.59. The molecule has 0 spiro atoms.